The molecular formula is C15H21BClNO3. The monoisotopic (exact) mass is 309 g/mol. The van der Waals surface area contributed by atoms with E-state index in [1.165, 1.54) is 0 Å². The smallest absolute Gasteiger partial charge is 0.399 e. The molecule has 0 atom stereocenters. The largest absolute Gasteiger partial charge is 0.497 e. The zero-order valence-corrected chi connectivity index (χ0v) is 13.9. The summed E-state index contributed by atoms with van der Waals surface area (Å²) in [6, 6.07) is 5.28. The normalized spacial score (nSPS) is 19.6. The predicted molar refractivity (Wildman–Crippen MR) is 86.1 cm³/mol. The maximum Gasteiger partial charge on any atom is 0.497 e. The first-order valence-corrected chi connectivity index (χ1v) is 7.49. The van der Waals surface area contributed by atoms with Crippen molar-refractivity contribution in [3.05, 3.63) is 23.2 Å². The van der Waals surface area contributed by atoms with E-state index in [2.05, 4.69) is 5.32 Å². The maximum atomic E-state index is 11.7. The van der Waals surface area contributed by atoms with E-state index in [0.29, 0.717) is 17.1 Å². The van der Waals surface area contributed by atoms with Crippen LogP contribution in [0, 0.1) is 0 Å². The molecule has 0 bridgehead atoms. The van der Waals surface area contributed by atoms with Gasteiger partial charge in [0.1, 0.15) is 0 Å². The van der Waals surface area contributed by atoms with Crippen LogP contribution < -0.4 is 10.8 Å². The number of carbonyl (C=O) groups is 1. The number of halogens is 1. The van der Waals surface area contributed by atoms with Crippen molar-refractivity contribution < 1.29 is 14.1 Å². The highest BCUT2D eigenvalue weighted by Crippen LogP contribution is 2.37. The molecule has 0 saturated carbocycles. The summed E-state index contributed by atoms with van der Waals surface area (Å²) in [7, 11) is -0.555. The second kappa shape index (κ2) is 5.63. The second-order valence-electron chi connectivity index (χ2n) is 6.22. The molecule has 21 heavy (non-hydrogen) atoms. The number of rotatable bonds is 3. The van der Waals surface area contributed by atoms with Crippen LogP contribution in [0.3, 0.4) is 0 Å². The highest BCUT2D eigenvalue weighted by atomic mass is 35.5. The first-order valence-electron chi connectivity index (χ1n) is 7.11. The van der Waals surface area contributed by atoms with E-state index in [0.717, 1.165) is 5.46 Å². The van der Waals surface area contributed by atoms with Gasteiger partial charge >= 0.3 is 7.12 Å². The lowest BCUT2D eigenvalue weighted by Crippen LogP contribution is -2.41. The molecule has 1 amide bonds. The minimum absolute atomic E-state index is 0.0601. The van der Waals surface area contributed by atoms with Gasteiger partial charge in [0, 0.05) is 22.6 Å². The fourth-order valence-corrected chi connectivity index (χ4v) is 2.23. The zero-order chi connectivity index (χ0) is 15.8. The van der Waals surface area contributed by atoms with Gasteiger partial charge < -0.3 is 14.6 Å². The van der Waals surface area contributed by atoms with Crippen molar-refractivity contribution in [2.45, 2.75) is 52.2 Å². The average molecular weight is 310 g/mol. The Labute approximate surface area is 131 Å². The van der Waals surface area contributed by atoms with E-state index in [4.69, 9.17) is 20.9 Å². The molecule has 1 saturated heterocycles. The Hall–Kier alpha value is -1.04. The van der Waals surface area contributed by atoms with Gasteiger partial charge in [0.2, 0.25) is 5.91 Å². The first-order chi connectivity index (χ1) is 9.66. The number of hydrogen-bond donors (Lipinski definition) is 1. The fourth-order valence-electron chi connectivity index (χ4n) is 2.05. The predicted octanol–water partition coefficient (Wildman–Crippen LogP) is 2.99. The Bertz CT molecular complexity index is 544. The Morgan fingerprint density at radius 3 is 2.33 bits per heavy atom. The summed E-state index contributed by atoms with van der Waals surface area (Å²) < 4.78 is 12.1. The lowest BCUT2D eigenvalue weighted by molar-refractivity contribution is -0.115. The standard InChI is InChI=1S/C15H21BClNO3/c1-6-13(19)18-12-8-7-10(17)9-11(12)16-20-14(2,3)15(4,5)21-16/h7-9H,6H2,1-5H3,(H,18,19). The lowest BCUT2D eigenvalue weighted by atomic mass is 9.77. The SMILES string of the molecule is CCC(=O)Nc1ccc(Cl)cc1B1OC(C)(C)C(C)(C)O1. The molecule has 114 valence electrons. The highest BCUT2D eigenvalue weighted by molar-refractivity contribution is 6.64. The van der Waals surface area contributed by atoms with Crippen molar-refractivity contribution in [3.63, 3.8) is 0 Å². The maximum absolute atomic E-state index is 11.7. The molecule has 0 aromatic heterocycles. The van der Waals surface area contributed by atoms with E-state index in [1.54, 1.807) is 25.1 Å². The summed E-state index contributed by atoms with van der Waals surface area (Å²) in [5, 5.41) is 3.44. The van der Waals surface area contributed by atoms with Gasteiger partial charge in [-0.3, -0.25) is 4.79 Å². The number of amides is 1. The van der Waals surface area contributed by atoms with Crippen LogP contribution in [-0.4, -0.2) is 24.2 Å². The van der Waals surface area contributed by atoms with Crippen molar-refractivity contribution in [3.8, 4) is 0 Å². The molecule has 1 aliphatic heterocycles. The topological polar surface area (TPSA) is 47.6 Å². The molecule has 0 spiro atoms. The van der Waals surface area contributed by atoms with Gasteiger partial charge in [-0.2, -0.15) is 0 Å². The van der Waals surface area contributed by atoms with Crippen LogP contribution in [0.2, 0.25) is 5.02 Å². The van der Waals surface area contributed by atoms with E-state index < -0.39 is 18.3 Å². The fraction of sp³-hybridized carbons (Fsp3) is 0.533. The van der Waals surface area contributed by atoms with Gasteiger partial charge in [-0.05, 0) is 45.9 Å². The molecular weight excluding hydrogens is 288 g/mol. The molecule has 1 aromatic carbocycles. The third-order valence-electron chi connectivity index (χ3n) is 4.12. The minimum atomic E-state index is -0.555. The van der Waals surface area contributed by atoms with Gasteiger partial charge in [0.05, 0.1) is 11.2 Å². The molecule has 0 unspecified atom stereocenters. The Balaban J connectivity index is 2.35. The number of hydrogen-bond acceptors (Lipinski definition) is 3. The summed E-state index contributed by atoms with van der Waals surface area (Å²) >= 11 is 6.08. The van der Waals surface area contributed by atoms with E-state index >= 15 is 0 Å². The van der Waals surface area contributed by atoms with Crippen LogP contribution in [0.15, 0.2) is 18.2 Å². The van der Waals surface area contributed by atoms with E-state index in [-0.39, 0.29) is 5.91 Å². The number of carbonyl (C=O) groups excluding carboxylic acids is 1. The molecule has 1 aromatic rings. The molecule has 1 fully saturated rings. The first kappa shape index (κ1) is 16.3. The summed E-state index contributed by atoms with van der Waals surface area (Å²) in [5.41, 5.74) is 0.533. The third kappa shape index (κ3) is 3.25. The summed E-state index contributed by atoms with van der Waals surface area (Å²) in [4.78, 5) is 11.7. The van der Waals surface area contributed by atoms with Gasteiger partial charge in [-0.25, -0.2) is 0 Å². The summed E-state index contributed by atoms with van der Waals surface area (Å²) in [6.45, 7) is 9.76. The Kier molecular flexibility index (Phi) is 4.38. The van der Waals surface area contributed by atoms with Gasteiger partial charge in [-0.1, -0.05) is 18.5 Å². The molecule has 0 aliphatic carbocycles. The Morgan fingerprint density at radius 1 is 1.24 bits per heavy atom. The quantitative estimate of drug-likeness (QED) is 0.873. The Morgan fingerprint density at radius 2 is 1.81 bits per heavy atom. The average Bonchev–Trinajstić information content (AvgIpc) is 2.60. The van der Waals surface area contributed by atoms with Crippen LogP contribution >= 0.6 is 11.6 Å². The van der Waals surface area contributed by atoms with Crippen LogP contribution in [-0.2, 0) is 14.1 Å². The summed E-state index contributed by atoms with van der Waals surface area (Å²) in [6.07, 6.45) is 0.408. The van der Waals surface area contributed by atoms with Crippen LogP contribution in [0.4, 0.5) is 5.69 Å². The van der Waals surface area contributed by atoms with Crippen molar-refractivity contribution in [2.24, 2.45) is 0 Å². The van der Waals surface area contributed by atoms with Crippen molar-refractivity contribution >= 4 is 35.8 Å². The molecule has 1 N–H and O–H groups in total. The second-order valence-corrected chi connectivity index (χ2v) is 6.66. The zero-order valence-electron chi connectivity index (χ0n) is 13.1. The van der Waals surface area contributed by atoms with Gasteiger partial charge in [-0.15, -0.1) is 0 Å². The van der Waals surface area contributed by atoms with Crippen LogP contribution in [0.1, 0.15) is 41.0 Å². The molecule has 6 heteroatoms. The van der Waals surface area contributed by atoms with Crippen molar-refractivity contribution in [1.29, 1.82) is 0 Å². The highest BCUT2D eigenvalue weighted by Gasteiger charge is 2.52. The van der Waals surface area contributed by atoms with E-state index in [9.17, 15) is 4.79 Å². The van der Waals surface area contributed by atoms with Gasteiger partial charge in [0.25, 0.3) is 0 Å². The van der Waals surface area contributed by atoms with Gasteiger partial charge in [0.15, 0.2) is 0 Å². The summed E-state index contributed by atoms with van der Waals surface area (Å²) in [5.74, 6) is -0.0601. The molecule has 1 heterocycles. The van der Waals surface area contributed by atoms with Crippen LogP contribution in [0.25, 0.3) is 0 Å². The number of benzene rings is 1. The number of nitrogens with one attached hydrogen (secondary N) is 1. The van der Waals surface area contributed by atoms with E-state index in [1.807, 2.05) is 27.7 Å². The lowest BCUT2D eigenvalue weighted by Gasteiger charge is -2.32. The molecule has 1 aliphatic rings. The van der Waals surface area contributed by atoms with Crippen molar-refractivity contribution in [2.75, 3.05) is 5.32 Å². The molecule has 4 nitrogen and oxygen atoms in total. The van der Waals surface area contributed by atoms with Crippen LogP contribution in [0.5, 0.6) is 0 Å². The molecule has 0 radical (unpaired) electrons. The minimum Gasteiger partial charge on any atom is -0.399 e. The van der Waals surface area contributed by atoms with Crippen molar-refractivity contribution in [1.82, 2.24) is 0 Å². The molecule has 2 rings (SSSR count). The number of anilines is 1. The third-order valence-corrected chi connectivity index (χ3v) is 4.35.